The lowest BCUT2D eigenvalue weighted by Gasteiger charge is -2.47. The fourth-order valence-corrected chi connectivity index (χ4v) is 4.73. The van der Waals surface area contributed by atoms with Crippen LogP contribution in [0, 0.1) is 11.6 Å². The van der Waals surface area contributed by atoms with E-state index in [0.717, 1.165) is 23.2 Å². The zero-order valence-electron chi connectivity index (χ0n) is 16.3. The zero-order valence-corrected chi connectivity index (χ0v) is 17.9. The minimum absolute atomic E-state index is 0.0269. The highest BCUT2D eigenvalue weighted by Gasteiger charge is 2.52. The fraction of sp³-hybridized carbons (Fsp3) is 0.389. The van der Waals surface area contributed by atoms with Crippen molar-refractivity contribution >= 4 is 34.9 Å². The number of urea groups is 1. The molecule has 3 amide bonds. The Morgan fingerprint density at radius 1 is 1.44 bits per heavy atom. The van der Waals surface area contributed by atoms with Gasteiger partial charge in [0.15, 0.2) is 6.61 Å². The van der Waals surface area contributed by atoms with E-state index in [2.05, 4.69) is 15.0 Å². The fourth-order valence-electron chi connectivity index (χ4n) is 3.55. The van der Waals surface area contributed by atoms with Crippen molar-refractivity contribution < 1.29 is 36.3 Å². The first-order valence-electron chi connectivity index (χ1n) is 9.00. The summed E-state index contributed by atoms with van der Waals surface area (Å²) in [5, 5.41) is 1.31. The number of piperazine rings is 1. The molecule has 2 atom stereocenters. The Bertz CT molecular complexity index is 1050. The molecule has 32 heavy (non-hydrogen) atoms. The summed E-state index contributed by atoms with van der Waals surface area (Å²) in [6.07, 6.45) is -3.54. The smallest absolute Gasteiger partial charge is 0.422 e. The number of primary amides is 1. The van der Waals surface area contributed by atoms with Crippen molar-refractivity contribution in [3.63, 3.8) is 0 Å². The molecule has 0 saturated carbocycles. The van der Waals surface area contributed by atoms with E-state index in [1.54, 1.807) is 0 Å². The average molecular weight is 499 g/mol. The van der Waals surface area contributed by atoms with Gasteiger partial charge in [-0.1, -0.05) is 29.0 Å². The predicted molar refractivity (Wildman–Crippen MR) is 105 cm³/mol. The minimum Gasteiger partial charge on any atom is -0.460 e. The Hall–Kier alpha value is -2.67. The first kappa shape index (κ1) is 24.0. The number of nitrogens with one attached hydrogen (secondary N) is 1. The lowest BCUT2D eigenvalue weighted by Crippen LogP contribution is -2.68. The Morgan fingerprint density at radius 3 is 2.75 bits per heavy atom. The van der Waals surface area contributed by atoms with Crippen molar-refractivity contribution in [1.82, 2.24) is 15.2 Å². The van der Waals surface area contributed by atoms with E-state index >= 15 is 4.39 Å². The highest BCUT2D eigenvalue weighted by atomic mass is 35.5. The number of amides is 3. The second-order valence-electron chi connectivity index (χ2n) is 7.02. The molecule has 1 aliphatic rings. The van der Waals surface area contributed by atoms with Crippen molar-refractivity contribution in [3.8, 4) is 5.19 Å². The number of ether oxygens (including phenoxy) is 1. The summed E-state index contributed by atoms with van der Waals surface area (Å²) < 4.78 is 70.9. The highest BCUT2D eigenvalue weighted by Crippen LogP contribution is 2.45. The van der Waals surface area contributed by atoms with Crippen molar-refractivity contribution in [2.24, 2.45) is 5.73 Å². The summed E-state index contributed by atoms with van der Waals surface area (Å²) in [6.45, 7) is -0.268. The maximum absolute atomic E-state index is 15.1. The third-order valence-electron chi connectivity index (χ3n) is 4.99. The molecule has 1 saturated heterocycles. The molecule has 0 aliphatic carbocycles. The lowest BCUT2D eigenvalue weighted by molar-refractivity contribution is -0.153. The topological polar surface area (TPSA) is 97.6 Å². The first-order chi connectivity index (χ1) is 14.9. The first-order valence-corrected chi connectivity index (χ1v) is 10.2. The summed E-state index contributed by atoms with van der Waals surface area (Å²) in [5.41, 5.74) is 3.33. The molecule has 174 valence electrons. The van der Waals surface area contributed by atoms with Gasteiger partial charge in [-0.05, 0) is 13.0 Å². The molecule has 3 N–H and O–H groups in total. The molecular weight excluding hydrogens is 483 g/mol. The molecule has 14 heteroatoms. The Morgan fingerprint density at radius 2 is 2.12 bits per heavy atom. The summed E-state index contributed by atoms with van der Waals surface area (Å²) in [4.78, 5) is 29.9. The number of carbonyl (C=O) groups is 2. The molecule has 7 nitrogen and oxygen atoms in total. The Labute approximate surface area is 187 Å². The van der Waals surface area contributed by atoms with Gasteiger partial charge in [0.1, 0.15) is 22.2 Å². The van der Waals surface area contributed by atoms with Crippen LogP contribution in [0.5, 0.6) is 5.19 Å². The standard InChI is InChI=1S/C18H16ClF5N4O3S/c1-17(14(29)26-4-5-28(17)15(25)30)11(8-2-3-9(20)12(19)13(8)21)10-6-27-16(32-10)31-7-18(22,23)24/h2-3,6,11H,4-5,7H2,1H3,(H2,25,30)(H,26,29)/t11-,17?/m1/s1. The third-order valence-corrected chi connectivity index (χ3v) is 6.31. The van der Waals surface area contributed by atoms with Crippen LogP contribution in [0.2, 0.25) is 5.02 Å². The van der Waals surface area contributed by atoms with E-state index in [4.69, 9.17) is 17.3 Å². The van der Waals surface area contributed by atoms with E-state index in [0.29, 0.717) is 11.3 Å². The van der Waals surface area contributed by atoms with Crippen molar-refractivity contribution in [3.05, 3.63) is 45.4 Å². The van der Waals surface area contributed by atoms with E-state index in [9.17, 15) is 27.2 Å². The number of hydrogen-bond donors (Lipinski definition) is 2. The minimum atomic E-state index is -4.63. The molecule has 0 spiro atoms. The van der Waals surface area contributed by atoms with Gasteiger partial charge in [-0.2, -0.15) is 13.2 Å². The second-order valence-corrected chi connectivity index (χ2v) is 8.43. The van der Waals surface area contributed by atoms with E-state index < -0.39 is 58.0 Å². The van der Waals surface area contributed by atoms with Crippen LogP contribution in [0.3, 0.4) is 0 Å². The SMILES string of the molecule is CC1([C@@H](c2cnc(OCC(F)(F)F)s2)c2ccc(F)c(Cl)c2F)C(=O)NCCN1C(N)=O. The number of benzene rings is 1. The lowest BCUT2D eigenvalue weighted by atomic mass is 9.76. The molecule has 3 rings (SSSR count). The summed E-state index contributed by atoms with van der Waals surface area (Å²) >= 11 is 6.33. The van der Waals surface area contributed by atoms with Gasteiger partial charge in [-0.15, -0.1) is 0 Å². The molecule has 0 bridgehead atoms. The maximum Gasteiger partial charge on any atom is 0.422 e. The van der Waals surface area contributed by atoms with Crippen LogP contribution in [0.4, 0.5) is 26.7 Å². The summed E-state index contributed by atoms with van der Waals surface area (Å²) in [7, 11) is 0. The van der Waals surface area contributed by atoms with E-state index in [1.165, 1.54) is 6.92 Å². The highest BCUT2D eigenvalue weighted by molar-refractivity contribution is 7.13. The van der Waals surface area contributed by atoms with Gasteiger partial charge >= 0.3 is 12.2 Å². The largest absolute Gasteiger partial charge is 0.460 e. The van der Waals surface area contributed by atoms with Crippen molar-refractivity contribution in [2.75, 3.05) is 19.7 Å². The van der Waals surface area contributed by atoms with Gasteiger partial charge in [0.05, 0.1) is 5.92 Å². The summed E-state index contributed by atoms with van der Waals surface area (Å²) in [5.74, 6) is -4.32. The summed E-state index contributed by atoms with van der Waals surface area (Å²) in [6, 6.07) is 0.914. The van der Waals surface area contributed by atoms with Crippen LogP contribution in [0.15, 0.2) is 18.3 Å². The second kappa shape index (κ2) is 8.70. The van der Waals surface area contributed by atoms with Crippen LogP contribution in [-0.2, 0) is 4.79 Å². The molecular formula is C18H16ClF5N4O3S. The molecule has 1 fully saturated rings. The van der Waals surface area contributed by atoms with E-state index in [1.807, 2.05) is 0 Å². The molecule has 1 unspecified atom stereocenters. The van der Waals surface area contributed by atoms with Gasteiger partial charge in [0.25, 0.3) is 5.19 Å². The monoisotopic (exact) mass is 498 g/mol. The van der Waals surface area contributed by atoms with Crippen molar-refractivity contribution in [2.45, 2.75) is 24.6 Å². The molecule has 2 heterocycles. The van der Waals surface area contributed by atoms with Crippen LogP contribution in [-0.4, -0.2) is 53.2 Å². The number of rotatable bonds is 5. The maximum atomic E-state index is 15.1. The zero-order chi connectivity index (χ0) is 23.8. The quantitative estimate of drug-likeness (QED) is 0.487. The average Bonchev–Trinajstić information content (AvgIpc) is 3.16. The van der Waals surface area contributed by atoms with Crippen LogP contribution in [0.25, 0.3) is 0 Å². The third kappa shape index (κ3) is 4.44. The number of alkyl halides is 3. The van der Waals surface area contributed by atoms with Crippen LogP contribution < -0.4 is 15.8 Å². The molecule has 1 aliphatic heterocycles. The van der Waals surface area contributed by atoms with E-state index in [-0.39, 0.29) is 23.5 Å². The Balaban J connectivity index is 2.17. The van der Waals surface area contributed by atoms with Crippen LogP contribution in [0.1, 0.15) is 23.3 Å². The normalized spacial score (nSPS) is 20.1. The number of halogens is 6. The number of thiazole rings is 1. The van der Waals surface area contributed by atoms with Crippen LogP contribution >= 0.6 is 22.9 Å². The molecule has 1 aromatic heterocycles. The van der Waals surface area contributed by atoms with Gasteiger partial charge in [-0.3, -0.25) is 4.79 Å². The van der Waals surface area contributed by atoms with Gasteiger partial charge in [0, 0.05) is 29.7 Å². The number of nitrogens with two attached hydrogens (primary N) is 1. The van der Waals surface area contributed by atoms with Crippen molar-refractivity contribution in [1.29, 1.82) is 0 Å². The number of aromatic nitrogens is 1. The van der Waals surface area contributed by atoms with Gasteiger partial charge < -0.3 is 20.7 Å². The molecule has 0 radical (unpaired) electrons. The predicted octanol–water partition coefficient (Wildman–Crippen LogP) is 3.42. The molecule has 2 aromatic rings. The molecule has 1 aromatic carbocycles. The number of hydrogen-bond acceptors (Lipinski definition) is 5. The van der Waals surface area contributed by atoms with Gasteiger partial charge in [0.2, 0.25) is 5.91 Å². The van der Waals surface area contributed by atoms with Gasteiger partial charge in [-0.25, -0.2) is 18.6 Å². The number of nitrogens with zero attached hydrogens (tertiary/aromatic N) is 2. The number of carbonyl (C=O) groups excluding carboxylic acids is 2. The Kier molecular flexibility index (Phi) is 6.52.